The van der Waals surface area contributed by atoms with E-state index in [9.17, 15) is 0 Å². The first-order valence-corrected chi connectivity index (χ1v) is 11.5. The summed E-state index contributed by atoms with van der Waals surface area (Å²) in [5, 5.41) is 0. The molecule has 1 aromatic heterocycles. The van der Waals surface area contributed by atoms with Crippen LogP contribution in [-0.2, 0) is 11.2 Å². The molecule has 1 atom stereocenters. The molecule has 3 nitrogen and oxygen atoms in total. The Labute approximate surface area is 177 Å². The summed E-state index contributed by atoms with van der Waals surface area (Å²) >= 11 is 0. The van der Waals surface area contributed by atoms with E-state index in [-0.39, 0.29) is 0 Å². The monoisotopic (exact) mass is 397 g/mol. The average Bonchev–Trinajstić information content (AvgIpc) is 2.77. The van der Waals surface area contributed by atoms with Gasteiger partial charge in [0.2, 0.25) is 0 Å². The van der Waals surface area contributed by atoms with Gasteiger partial charge in [-0.2, -0.15) is 0 Å². The number of pyridine rings is 1. The first-order chi connectivity index (χ1) is 14.2. The number of hydrogen-bond donors (Lipinski definition) is 0. The number of aryl methyl sites for hydroxylation is 1. The highest BCUT2D eigenvalue weighted by Crippen LogP contribution is 2.21. The topological polar surface area (TPSA) is 31.4 Å². The van der Waals surface area contributed by atoms with Gasteiger partial charge in [-0.3, -0.25) is 4.98 Å². The number of nitrogens with zero attached hydrogens (tertiary/aromatic N) is 1. The maximum atomic E-state index is 5.86. The third-order valence-corrected chi connectivity index (χ3v) is 5.43. The zero-order chi connectivity index (χ0) is 20.7. The fraction of sp³-hybridized carbons (Fsp3) is 0.577. The Hall–Kier alpha value is -1.87. The van der Waals surface area contributed by atoms with Crippen LogP contribution >= 0.6 is 0 Å². The first kappa shape index (κ1) is 23.4. The Morgan fingerprint density at radius 2 is 1.66 bits per heavy atom. The van der Waals surface area contributed by atoms with Crippen LogP contribution in [0.3, 0.4) is 0 Å². The summed E-state index contributed by atoms with van der Waals surface area (Å²) in [6.45, 7) is 9.28. The highest BCUT2D eigenvalue weighted by molar-refractivity contribution is 5.60. The van der Waals surface area contributed by atoms with Crippen molar-refractivity contribution in [2.75, 3.05) is 19.8 Å². The molecule has 1 unspecified atom stereocenters. The van der Waals surface area contributed by atoms with Crippen LogP contribution in [0, 0.1) is 5.92 Å². The van der Waals surface area contributed by atoms with E-state index in [0.717, 1.165) is 62.0 Å². The van der Waals surface area contributed by atoms with Crippen molar-refractivity contribution in [2.24, 2.45) is 5.92 Å². The van der Waals surface area contributed by atoms with E-state index in [2.05, 4.69) is 50.0 Å². The van der Waals surface area contributed by atoms with Crippen molar-refractivity contribution < 1.29 is 9.47 Å². The van der Waals surface area contributed by atoms with Gasteiger partial charge in [-0.15, -0.1) is 0 Å². The Morgan fingerprint density at radius 3 is 2.34 bits per heavy atom. The number of rotatable bonds is 15. The molecule has 3 heteroatoms. The molecular formula is C26H39NO2. The molecule has 0 aliphatic rings. The van der Waals surface area contributed by atoms with Crippen LogP contribution in [0.5, 0.6) is 5.75 Å². The number of aromatic nitrogens is 1. The first-order valence-electron chi connectivity index (χ1n) is 11.5. The van der Waals surface area contributed by atoms with Gasteiger partial charge in [-0.05, 0) is 73.9 Å². The van der Waals surface area contributed by atoms with Crippen molar-refractivity contribution in [2.45, 2.75) is 72.1 Å². The Kier molecular flexibility index (Phi) is 11.4. The van der Waals surface area contributed by atoms with Gasteiger partial charge >= 0.3 is 0 Å². The normalized spacial score (nSPS) is 12.1. The highest BCUT2D eigenvalue weighted by atomic mass is 16.5. The average molecular weight is 398 g/mol. The van der Waals surface area contributed by atoms with Crippen molar-refractivity contribution in [1.82, 2.24) is 4.98 Å². The van der Waals surface area contributed by atoms with Gasteiger partial charge in [0.15, 0.2) is 0 Å². The Bertz CT molecular complexity index is 651. The summed E-state index contributed by atoms with van der Waals surface area (Å²) in [6.07, 6.45) is 11.3. The van der Waals surface area contributed by atoms with Gasteiger partial charge in [0.25, 0.3) is 0 Å². The predicted molar refractivity (Wildman–Crippen MR) is 123 cm³/mol. The number of ether oxygens (including phenoxy) is 2. The maximum Gasteiger partial charge on any atom is 0.119 e. The molecule has 2 rings (SSSR count). The van der Waals surface area contributed by atoms with Crippen LogP contribution in [0.2, 0.25) is 0 Å². The molecule has 0 amide bonds. The van der Waals surface area contributed by atoms with Crippen LogP contribution in [0.15, 0.2) is 42.6 Å². The van der Waals surface area contributed by atoms with E-state index >= 15 is 0 Å². The molecule has 160 valence electrons. The minimum absolute atomic E-state index is 0.786. The lowest BCUT2D eigenvalue weighted by atomic mass is 10.0. The number of benzene rings is 1. The number of unbranched alkanes of at least 4 members (excludes halogenated alkanes) is 2. The minimum Gasteiger partial charge on any atom is -0.494 e. The fourth-order valence-corrected chi connectivity index (χ4v) is 3.23. The molecular weight excluding hydrogens is 358 g/mol. The molecule has 0 spiro atoms. The van der Waals surface area contributed by atoms with Crippen molar-refractivity contribution >= 4 is 0 Å². The molecule has 29 heavy (non-hydrogen) atoms. The van der Waals surface area contributed by atoms with E-state index in [1.165, 1.54) is 37.7 Å². The van der Waals surface area contributed by atoms with Crippen molar-refractivity contribution in [3.63, 3.8) is 0 Å². The molecule has 1 heterocycles. The van der Waals surface area contributed by atoms with Crippen molar-refractivity contribution in [1.29, 1.82) is 0 Å². The maximum absolute atomic E-state index is 5.86. The van der Waals surface area contributed by atoms with Crippen molar-refractivity contribution in [3.8, 4) is 17.0 Å². The van der Waals surface area contributed by atoms with Gasteiger partial charge in [-0.25, -0.2) is 0 Å². The van der Waals surface area contributed by atoms with Crippen LogP contribution in [-0.4, -0.2) is 24.8 Å². The number of hydrogen-bond acceptors (Lipinski definition) is 3. The molecule has 0 radical (unpaired) electrons. The summed E-state index contributed by atoms with van der Waals surface area (Å²) in [7, 11) is 0. The van der Waals surface area contributed by atoms with E-state index in [1.807, 2.05) is 18.3 Å². The Balaban J connectivity index is 1.70. The smallest absolute Gasteiger partial charge is 0.119 e. The predicted octanol–water partition coefficient (Wildman–Crippen LogP) is 7.09. The summed E-state index contributed by atoms with van der Waals surface area (Å²) < 4.78 is 11.5. The van der Waals surface area contributed by atoms with E-state index in [0.29, 0.717) is 0 Å². The molecule has 0 aliphatic carbocycles. The molecule has 0 fully saturated rings. The van der Waals surface area contributed by atoms with Crippen LogP contribution in [0.1, 0.15) is 71.3 Å². The van der Waals surface area contributed by atoms with Crippen LogP contribution in [0.4, 0.5) is 0 Å². The van der Waals surface area contributed by atoms with Crippen molar-refractivity contribution in [3.05, 3.63) is 48.2 Å². The lowest BCUT2D eigenvalue weighted by molar-refractivity contribution is 0.128. The second-order valence-corrected chi connectivity index (χ2v) is 8.00. The highest BCUT2D eigenvalue weighted by Gasteiger charge is 2.03. The Morgan fingerprint density at radius 1 is 0.862 bits per heavy atom. The third kappa shape index (κ3) is 9.45. The largest absolute Gasteiger partial charge is 0.494 e. The standard InChI is InChI=1S/C26H39NO2/c1-4-6-7-18-28-19-9-11-23-12-17-26(27-21-23)24-13-15-25(16-14-24)29-20-8-10-22(3)5-2/h12-17,21-22H,4-11,18-20H2,1-3H3. The second kappa shape index (κ2) is 14.2. The quantitative estimate of drug-likeness (QED) is 0.301. The summed E-state index contributed by atoms with van der Waals surface area (Å²) in [5.41, 5.74) is 3.41. The molecule has 0 saturated carbocycles. The molecule has 0 bridgehead atoms. The lowest BCUT2D eigenvalue weighted by Crippen LogP contribution is -2.00. The summed E-state index contributed by atoms with van der Waals surface area (Å²) in [5.74, 6) is 1.72. The van der Waals surface area contributed by atoms with Gasteiger partial charge in [0, 0.05) is 25.0 Å². The SMILES string of the molecule is CCCCCOCCCc1ccc(-c2ccc(OCCCC(C)CC)cc2)nc1. The summed E-state index contributed by atoms with van der Waals surface area (Å²) in [4.78, 5) is 4.64. The fourth-order valence-electron chi connectivity index (χ4n) is 3.23. The second-order valence-electron chi connectivity index (χ2n) is 8.00. The third-order valence-electron chi connectivity index (χ3n) is 5.43. The van der Waals surface area contributed by atoms with Gasteiger partial charge in [0.05, 0.1) is 12.3 Å². The van der Waals surface area contributed by atoms with Crippen LogP contribution in [0.25, 0.3) is 11.3 Å². The van der Waals surface area contributed by atoms with Gasteiger partial charge in [0.1, 0.15) is 5.75 Å². The molecule has 0 saturated heterocycles. The zero-order valence-electron chi connectivity index (χ0n) is 18.7. The van der Waals surface area contributed by atoms with Gasteiger partial charge in [-0.1, -0.05) is 46.1 Å². The van der Waals surface area contributed by atoms with E-state index in [4.69, 9.17) is 9.47 Å². The van der Waals surface area contributed by atoms with E-state index in [1.54, 1.807) is 0 Å². The zero-order valence-corrected chi connectivity index (χ0v) is 18.7. The van der Waals surface area contributed by atoms with E-state index < -0.39 is 0 Å². The summed E-state index contributed by atoms with van der Waals surface area (Å²) in [6, 6.07) is 12.6. The molecule has 0 N–H and O–H groups in total. The van der Waals surface area contributed by atoms with Crippen LogP contribution < -0.4 is 4.74 Å². The molecule has 1 aromatic carbocycles. The van der Waals surface area contributed by atoms with Gasteiger partial charge < -0.3 is 9.47 Å². The lowest BCUT2D eigenvalue weighted by Gasteiger charge is -2.10. The molecule has 0 aliphatic heterocycles. The minimum atomic E-state index is 0.786. The molecule has 2 aromatic rings.